The number of hydrogen-bond acceptors (Lipinski definition) is 4. The number of aliphatic carboxylic acids is 1. The highest BCUT2D eigenvalue weighted by atomic mass is 16.5. The molecule has 1 aromatic rings. The fourth-order valence-electron chi connectivity index (χ4n) is 3.15. The van der Waals surface area contributed by atoms with Crippen LogP contribution >= 0.6 is 0 Å². The Morgan fingerprint density at radius 3 is 2.48 bits per heavy atom. The minimum atomic E-state index is -0.810. The largest absolute Gasteiger partial charge is 0.497 e. The third-order valence-electron chi connectivity index (χ3n) is 4.56. The number of benzene rings is 1. The lowest BCUT2D eigenvalue weighted by atomic mass is 9.94. The number of hydrogen-bond donors (Lipinski definition) is 2. The Morgan fingerprint density at radius 1 is 1.12 bits per heavy atom. The average molecular weight is 349 g/mol. The lowest BCUT2D eigenvalue weighted by Gasteiger charge is -2.22. The Bertz CT molecular complexity index is 557. The van der Waals surface area contributed by atoms with Crippen LogP contribution in [0.15, 0.2) is 24.3 Å². The number of nitrogens with one attached hydrogen (secondary N) is 1. The minimum Gasteiger partial charge on any atom is -0.497 e. The monoisotopic (exact) mass is 349 g/mol. The molecule has 0 bridgehead atoms. The van der Waals surface area contributed by atoms with Gasteiger partial charge in [0.15, 0.2) is 0 Å². The lowest BCUT2D eigenvalue weighted by Crippen LogP contribution is -2.42. The topological polar surface area (TPSA) is 84.9 Å². The number of rotatable bonds is 8. The maximum atomic E-state index is 12.1. The highest BCUT2D eigenvalue weighted by Crippen LogP contribution is 2.24. The molecule has 0 spiro atoms. The number of carboxylic acid groups (broad SMARTS) is 1. The van der Waals surface area contributed by atoms with Gasteiger partial charge in [-0.05, 0) is 43.5 Å². The zero-order chi connectivity index (χ0) is 18.1. The van der Waals surface area contributed by atoms with Crippen molar-refractivity contribution in [1.82, 2.24) is 5.32 Å². The summed E-state index contributed by atoms with van der Waals surface area (Å²) >= 11 is 0. The quantitative estimate of drug-likeness (QED) is 0.557. The van der Waals surface area contributed by atoms with E-state index in [0.29, 0.717) is 25.9 Å². The fraction of sp³-hybridized carbons (Fsp3) is 0.579. The van der Waals surface area contributed by atoms with Crippen molar-refractivity contribution in [3.63, 3.8) is 0 Å². The molecular formula is C19H27NO5. The van der Waals surface area contributed by atoms with Crippen molar-refractivity contribution in [3.05, 3.63) is 24.3 Å². The van der Waals surface area contributed by atoms with Crippen molar-refractivity contribution in [2.75, 3.05) is 13.7 Å². The molecule has 6 heteroatoms. The average Bonchev–Trinajstić information content (AvgIpc) is 2.85. The summed E-state index contributed by atoms with van der Waals surface area (Å²) in [5.74, 6) is 0.118. The fourth-order valence-corrected chi connectivity index (χ4v) is 3.15. The zero-order valence-electron chi connectivity index (χ0n) is 14.7. The molecule has 138 valence electrons. The molecule has 2 rings (SSSR count). The van der Waals surface area contributed by atoms with Gasteiger partial charge in [-0.2, -0.15) is 0 Å². The van der Waals surface area contributed by atoms with Crippen LogP contribution in [0.25, 0.3) is 0 Å². The second-order valence-corrected chi connectivity index (χ2v) is 6.38. The van der Waals surface area contributed by atoms with Gasteiger partial charge in [-0.15, -0.1) is 0 Å². The number of methoxy groups -OCH3 is 1. The lowest BCUT2D eigenvalue weighted by molar-refractivity contribution is -0.143. The van der Waals surface area contributed by atoms with E-state index in [4.69, 9.17) is 9.47 Å². The molecule has 1 amide bonds. The van der Waals surface area contributed by atoms with Crippen molar-refractivity contribution in [3.8, 4) is 11.5 Å². The van der Waals surface area contributed by atoms with Crippen molar-refractivity contribution in [2.45, 2.75) is 51.0 Å². The van der Waals surface area contributed by atoms with Crippen LogP contribution in [0.5, 0.6) is 11.5 Å². The van der Waals surface area contributed by atoms with E-state index in [9.17, 15) is 14.7 Å². The maximum absolute atomic E-state index is 12.1. The third kappa shape index (κ3) is 6.29. The van der Waals surface area contributed by atoms with Gasteiger partial charge in [0, 0.05) is 12.5 Å². The molecule has 6 nitrogen and oxygen atoms in total. The van der Waals surface area contributed by atoms with Crippen LogP contribution < -0.4 is 14.8 Å². The van der Waals surface area contributed by atoms with Crippen molar-refractivity contribution >= 4 is 11.9 Å². The Morgan fingerprint density at radius 2 is 1.80 bits per heavy atom. The Kier molecular flexibility index (Phi) is 7.57. The molecule has 2 atom stereocenters. The van der Waals surface area contributed by atoms with Gasteiger partial charge in [0.25, 0.3) is 0 Å². The predicted molar refractivity (Wildman–Crippen MR) is 93.9 cm³/mol. The molecular weight excluding hydrogens is 322 g/mol. The minimum absolute atomic E-state index is 0.100. The van der Waals surface area contributed by atoms with E-state index in [-0.39, 0.29) is 11.9 Å². The van der Waals surface area contributed by atoms with E-state index < -0.39 is 11.9 Å². The molecule has 2 N–H and O–H groups in total. The molecule has 0 saturated heterocycles. The van der Waals surface area contributed by atoms with Crippen LogP contribution in [0, 0.1) is 5.92 Å². The van der Waals surface area contributed by atoms with Gasteiger partial charge in [-0.1, -0.05) is 19.3 Å². The molecule has 0 unspecified atom stereocenters. The Balaban J connectivity index is 1.71. The molecule has 1 aromatic carbocycles. The highest BCUT2D eigenvalue weighted by molar-refractivity contribution is 5.78. The van der Waals surface area contributed by atoms with Crippen LogP contribution in [-0.4, -0.2) is 36.7 Å². The number of carbonyl (C=O) groups is 2. The van der Waals surface area contributed by atoms with Crippen LogP contribution in [0.1, 0.15) is 44.9 Å². The van der Waals surface area contributed by atoms with Crippen molar-refractivity contribution in [1.29, 1.82) is 0 Å². The maximum Gasteiger partial charge on any atom is 0.308 e. The van der Waals surface area contributed by atoms with Crippen LogP contribution in [0.4, 0.5) is 0 Å². The number of carboxylic acids is 1. The van der Waals surface area contributed by atoms with E-state index in [1.165, 1.54) is 0 Å². The number of carbonyl (C=O) groups excluding carboxylic acids is 1. The van der Waals surface area contributed by atoms with E-state index in [1.807, 2.05) is 24.3 Å². The highest BCUT2D eigenvalue weighted by Gasteiger charge is 2.30. The van der Waals surface area contributed by atoms with E-state index in [1.54, 1.807) is 7.11 Å². The van der Waals surface area contributed by atoms with Gasteiger partial charge in [0.1, 0.15) is 11.5 Å². The number of ether oxygens (including phenoxy) is 2. The molecule has 0 aromatic heterocycles. The predicted octanol–water partition coefficient (Wildman–Crippen LogP) is 3.00. The molecule has 1 fully saturated rings. The molecule has 25 heavy (non-hydrogen) atoms. The summed E-state index contributed by atoms with van der Waals surface area (Å²) in [7, 11) is 1.61. The molecule has 1 saturated carbocycles. The van der Waals surface area contributed by atoms with Gasteiger partial charge in [-0.3, -0.25) is 9.59 Å². The Labute approximate surface area is 148 Å². The van der Waals surface area contributed by atoms with Crippen molar-refractivity contribution in [2.24, 2.45) is 5.92 Å². The summed E-state index contributed by atoms with van der Waals surface area (Å²) in [5.41, 5.74) is 0. The van der Waals surface area contributed by atoms with Crippen LogP contribution in [0.3, 0.4) is 0 Å². The number of amides is 1. The smallest absolute Gasteiger partial charge is 0.308 e. The third-order valence-corrected chi connectivity index (χ3v) is 4.56. The molecule has 0 heterocycles. The van der Waals surface area contributed by atoms with E-state index in [0.717, 1.165) is 37.2 Å². The summed E-state index contributed by atoms with van der Waals surface area (Å²) in [6.45, 7) is 0.437. The van der Waals surface area contributed by atoms with Crippen LogP contribution in [-0.2, 0) is 9.59 Å². The van der Waals surface area contributed by atoms with Crippen molar-refractivity contribution < 1.29 is 24.2 Å². The summed E-state index contributed by atoms with van der Waals surface area (Å²) in [6, 6.07) is 7.03. The summed E-state index contributed by atoms with van der Waals surface area (Å²) in [6.07, 6.45) is 5.22. The van der Waals surface area contributed by atoms with Gasteiger partial charge in [0.05, 0.1) is 19.6 Å². The normalized spacial score (nSPS) is 20.4. The second-order valence-electron chi connectivity index (χ2n) is 6.38. The second kappa shape index (κ2) is 9.91. The molecule has 1 aliphatic rings. The van der Waals surface area contributed by atoms with Gasteiger partial charge in [0.2, 0.25) is 5.91 Å². The van der Waals surface area contributed by atoms with E-state index in [2.05, 4.69) is 5.32 Å². The van der Waals surface area contributed by atoms with Gasteiger partial charge < -0.3 is 19.9 Å². The van der Waals surface area contributed by atoms with Gasteiger partial charge in [-0.25, -0.2) is 0 Å². The van der Waals surface area contributed by atoms with Crippen LogP contribution in [0.2, 0.25) is 0 Å². The molecule has 0 aliphatic heterocycles. The SMILES string of the molecule is COc1ccc(OCCCC(=O)N[C@H]2CCCCC[C@H]2C(=O)O)cc1. The summed E-state index contributed by atoms with van der Waals surface area (Å²) in [5, 5.41) is 12.3. The first-order valence-corrected chi connectivity index (χ1v) is 8.89. The zero-order valence-corrected chi connectivity index (χ0v) is 14.7. The molecule has 0 radical (unpaired) electrons. The summed E-state index contributed by atoms with van der Waals surface area (Å²) < 4.78 is 10.7. The molecule has 1 aliphatic carbocycles. The first kappa shape index (κ1) is 19.1. The standard InChI is InChI=1S/C19H27NO5/c1-24-14-9-11-15(12-10-14)25-13-5-8-18(21)20-17-7-4-2-3-6-16(17)19(22)23/h9-12,16-17H,2-8,13H2,1H3,(H,20,21)(H,22,23)/t16-,17+/m1/s1. The first-order chi connectivity index (χ1) is 12.1. The van der Waals surface area contributed by atoms with E-state index >= 15 is 0 Å². The summed E-state index contributed by atoms with van der Waals surface area (Å²) in [4.78, 5) is 23.5. The first-order valence-electron chi connectivity index (χ1n) is 8.89. The van der Waals surface area contributed by atoms with Gasteiger partial charge >= 0.3 is 5.97 Å². The Hall–Kier alpha value is -2.24.